The lowest BCUT2D eigenvalue weighted by Gasteiger charge is -2.18. The SMILES string of the molecule is COc1c(C)c(C)c(Br)c(C)c1-c1cnc(C(C)N)[nH]1. The van der Waals surface area contributed by atoms with Crippen LogP contribution in [-0.4, -0.2) is 17.1 Å². The van der Waals surface area contributed by atoms with Gasteiger partial charge in [-0.2, -0.15) is 0 Å². The Balaban J connectivity index is 2.72. The highest BCUT2D eigenvalue weighted by Crippen LogP contribution is 2.41. The fourth-order valence-electron chi connectivity index (χ4n) is 2.36. The molecule has 1 heterocycles. The Morgan fingerprint density at radius 2 is 1.90 bits per heavy atom. The summed E-state index contributed by atoms with van der Waals surface area (Å²) < 4.78 is 6.72. The monoisotopic (exact) mass is 337 g/mol. The molecule has 1 aromatic carbocycles. The van der Waals surface area contributed by atoms with E-state index in [1.54, 1.807) is 7.11 Å². The number of halogens is 1. The van der Waals surface area contributed by atoms with Crippen molar-refractivity contribution in [3.05, 3.63) is 33.2 Å². The molecule has 0 saturated heterocycles. The van der Waals surface area contributed by atoms with E-state index in [-0.39, 0.29) is 6.04 Å². The van der Waals surface area contributed by atoms with Gasteiger partial charge >= 0.3 is 0 Å². The summed E-state index contributed by atoms with van der Waals surface area (Å²) in [6.07, 6.45) is 1.81. The molecule has 0 aliphatic carbocycles. The highest BCUT2D eigenvalue weighted by Gasteiger charge is 2.20. The van der Waals surface area contributed by atoms with E-state index in [0.29, 0.717) is 0 Å². The molecule has 1 atom stereocenters. The quantitative estimate of drug-likeness (QED) is 0.895. The zero-order chi connectivity index (χ0) is 15.0. The summed E-state index contributed by atoms with van der Waals surface area (Å²) in [6.45, 7) is 8.12. The number of aromatic nitrogens is 2. The largest absolute Gasteiger partial charge is 0.496 e. The summed E-state index contributed by atoms with van der Waals surface area (Å²) in [4.78, 5) is 7.62. The number of H-pyrrole nitrogens is 1. The Kier molecular flexibility index (Phi) is 4.20. The van der Waals surface area contributed by atoms with Gasteiger partial charge in [-0.05, 0) is 44.4 Å². The molecular formula is C15H20BrN3O. The maximum atomic E-state index is 5.86. The number of nitrogens with two attached hydrogens (primary N) is 1. The first-order valence-corrected chi connectivity index (χ1v) is 7.31. The van der Waals surface area contributed by atoms with Crippen LogP contribution < -0.4 is 10.5 Å². The topological polar surface area (TPSA) is 63.9 Å². The molecule has 0 amide bonds. The molecule has 3 N–H and O–H groups in total. The van der Waals surface area contributed by atoms with Gasteiger partial charge in [-0.3, -0.25) is 0 Å². The average Bonchev–Trinajstić information content (AvgIpc) is 2.89. The summed E-state index contributed by atoms with van der Waals surface area (Å²) in [5.41, 5.74) is 11.3. The van der Waals surface area contributed by atoms with Crippen LogP contribution in [0, 0.1) is 20.8 Å². The van der Waals surface area contributed by atoms with E-state index in [1.807, 2.05) is 13.1 Å². The van der Waals surface area contributed by atoms with Crippen LogP contribution in [0.3, 0.4) is 0 Å². The van der Waals surface area contributed by atoms with E-state index in [4.69, 9.17) is 10.5 Å². The molecule has 4 nitrogen and oxygen atoms in total. The van der Waals surface area contributed by atoms with Crippen molar-refractivity contribution in [1.29, 1.82) is 0 Å². The Morgan fingerprint density at radius 3 is 2.40 bits per heavy atom. The van der Waals surface area contributed by atoms with Crippen LogP contribution in [0.25, 0.3) is 11.3 Å². The third-order valence-corrected chi connectivity index (χ3v) is 4.85. The molecular weight excluding hydrogens is 318 g/mol. The van der Waals surface area contributed by atoms with Crippen molar-refractivity contribution in [3.8, 4) is 17.0 Å². The molecule has 108 valence electrons. The fourth-order valence-corrected chi connectivity index (χ4v) is 2.85. The van der Waals surface area contributed by atoms with Gasteiger partial charge in [0.2, 0.25) is 0 Å². The standard InChI is InChI=1S/C15H20BrN3O/c1-7-8(2)14(20-5)12(9(3)13(7)16)11-6-18-15(19-11)10(4)17/h6,10H,17H2,1-5H3,(H,18,19). The number of aromatic amines is 1. The second-order valence-corrected chi connectivity index (χ2v) is 5.86. The molecule has 0 fully saturated rings. The molecule has 0 radical (unpaired) electrons. The van der Waals surface area contributed by atoms with Crippen LogP contribution in [0.1, 0.15) is 35.5 Å². The number of ether oxygens (including phenoxy) is 1. The molecule has 2 aromatic rings. The van der Waals surface area contributed by atoms with Crippen LogP contribution in [0.2, 0.25) is 0 Å². The Hall–Kier alpha value is -1.33. The first-order valence-electron chi connectivity index (χ1n) is 6.52. The van der Waals surface area contributed by atoms with Gasteiger partial charge in [0.25, 0.3) is 0 Å². The lowest BCUT2D eigenvalue weighted by molar-refractivity contribution is 0.412. The van der Waals surface area contributed by atoms with Crippen LogP contribution >= 0.6 is 15.9 Å². The summed E-state index contributed by atoms with van der Waals surface area (Å²) in [5.74, 6) is 1.65. The molecule has 0 saturated carbocycles. The first kappa shape index (κ1) is 15.1. The van der Waals surface area contributed by atoms with Gasteiger partial charge in [-0.1, -0.05) is 15.9 Å². The number of nitrogens with zero attached hydrogens (tertiary/aromatic N) is 1. The molecule has 1 aromatic heterocycles. The van der Waals surface area contributed by atoms with E-state index in [9.17, 15) is 0 Å². The van der Waals surface area contributed by atoms with Crippen molar-refractivity contribution in [3.63, 3.8) is 0 Å². The van der Waals surface area contributed by atoms with Gasteiger partial charge in [-0.15, -0.1) is 0 Å². The fraction of sp³-hybridized carbons (Fsp3) is 0.400. The summed E-state index contributed by atoms with van der Waals surface area (Å²) >= 11 is 3.66. The van der Waals surface area contributed by atoms with Crippen molar-refractivity contribution in [1.82, 2.24) is 9.97 Å². The summed E-state index contributed by atoms with van der Waals surface area (Å²) in [7, 11) is 1.70. The maximum Gasteiger partial charge on any atom is 0.131 e. The smallest absolute Gasteiger partial charge is 0.131 e. The Labute approximate surface area is 127 Å². The maximum absolute atomic E-state index is 5.86. The highest BCUT2D eigenvalue weighted by atomic mass is 79.9. The summed E-state index contributed by atoms with van der Waals surface area (Å²) in [5, 5.41) is 0. The molecule has 0 spiro atoms. The predicted molar refractivity (Wildman–Crippen MR) is 85.1 cm³/mol. The van der Waals surface area contributed by atoms with Gasteiger partial charge < -0.3 is 15.5 Å². The minimum atomic E-state index is -0.120. The number of methoxy groups -OCH3 is 1. The number of hydrogen-bond acceptors (Lipinski definition) is 3. The molecule has 1 unspecified atom stereocenters. The van der Waals surface area contributed by atoms with Crippen molar-refractivity contribution >= 4 is 15.9 Å². The molecule has 0 bridgehead atoms. The number of nitrogens with one attached hydrogen (secondary N) is 1. The molecule has 0 aliphatic heterocycles. The lowest BCUT2D eigenvalue weighted by Crippen LogP contribution is -2.06. The minimum Gasteiger partial charge on any atom is -0.496 e. The van der Waals surface area contributed by atoms with Crippen molar-refractivity contribution < 1.29 is 4.74 Å². The number of hydrogen-bond donors (Lipinski definition) is 2. The van der Waals surface area contributed by atoms with Crippen LogP contribution in [0.15, 0.2) is 10.7 Å². The summed E-state index contributed by atoms with van der Waals surface area (Å²) in [6, 6.07) is -0.120. The zero-order valence-corrected chi connectivity index (χ0v) is 14.1. The Bertz CT molecular complexity index is 647. The van der Waals surface area contributed by atoms with E-state index in [0.717, 1.165) is 38.4 Å². The number of rotatable bonds is 3. The van der Waals surface area contributed by atoms with Gasteiger partial charge in [0.15, 0.2) is 0 Å². The first-order chi connectivity index (χ1) is 9.38. The third-order valence-electron chi connectivity index (χ3n) is 3.66. The second kappa shape index (κ2) is 5.58. The van der Waals surface area contributed by atoms with Gasteiger partial charge in [0, 0.05) is 10.0 Å². The number of imidazole rings is 1. The molecule has 2 rings (SSSR count). The minimum absolute atomic E-state index is 0.120. The van der Waals surface area contributed by atoms with Crippen LogP contribution in [-0.2, 0) is 0 Å². The second-order valence-electron chi connectivity index (χ2n) is 5.07. The highest BCUT2D eigenvalue weighted by molar-refractivity contribution is 9.10. The predicted octanol–water partition coefficient (Wildman–Crippen LogP) is 3.79. The van der Waals surface area contributed by atoms with E-state index >= 15 is 0 Å². The van der Waals surface area contributed by atoms with Crippen molar-refractivity contribution in [2.45, 2.75) is 33.7 Å². The van der Waals surface area contributed by atoms with Gasteiger partial charge in [-0.25, -0.2) is 4.98 Å². The molecule has 20 heavy (non-hydrogen) atoms. The van der Waals surface area contributed by atoms with E-state index < -0.39 is 0 Å². The van der Waals surface area contributed by atoms with E-state index in [1.165, 1.54) is 5.56 Å². The van der Waals surface area contributed by atoms with Crippen LogP contribution in [0.4, 0.5) is 0 Å². The van der Waals surface area contributed by atoms with E-state index in [2.05, 4.69) is 46.7 Å². The van der Waals surface area contributed by atoms with Crippen molar-refractivity contribution in [2.24, 2.45) is 5.73 Å². The lowest BCUT2D eigenvalue weighted by atomic mass is 9.97. The molecule has 0 aliphatic rings. The van der Waals surface area contributed by atoms with Gasteiger partial charge in [0.05, 0.1) is 25.0 Å². The molecule has 5 heteroatoms. The average molecular weight is 338 g/mol. The van der Waals surface area contributed by atoms with Crippen molar-refractivity contribution in [2.75, 3.05) is 7.11 Å². The van der Waals surface area contributed by atoms with Gasteiger partial charge in [0.1, 0.15) is 11.6 Å². The zero-order valence-electron chi connectivity index (χ0n) is 12.5. The normalized spacial score (nSPS) is 12.6. The van der Waals surface area contributed by atoms with Crippen LogP contribution in [0.5, 0.6) is 5.75 Å². The Morgan fingerprint density at radius 1 is 1.25 bits per heavy atom. The third kappa shape index (κ3) is 2.36. The number of benzene rings is 1.